The van der Waals surface area contributed by atoms with E-state index in [1.165, 1.54) is 28.1 Å². The van der Waals surface area contributed by atoms with Crippen LogP contribution in [-0.4, -0.2) is 22.3 Å². The van der Waals surface area contributed by atoms with Gasteiger partial charge in [0.15, 0.2) is 0 Å². The van der Waals surface area contributed by atoms with E-state index in [1.54, 1.807) is 42.5 Å². The summed E-state index contributed by atoms with van der Waals surface area (Å²) in [6.07, 6.45) is 0. The zero-order valence-electron chi connectivity index (χ0n) is 18.3. The molecule has 4 aromatic rings. The van der Waals surface area contributed by atoms with Crippen molar-refractivity contribution in [3.8, 4) is 11.4 Å². The van der Waals surface area contributed by atoms with Gasteiger partial charge in [-0.25, -0.2) is 0 Å². The van der Waals surface area contributed by atoms with Crippen LogP contribution >= 0.6 is 11.8 Å². The molecule has 0 aliphatic rings. The van der Waals surface area contributed by atoms with Crippen molar-refractivity contribution in [3.63, 3.8) is 0 Å². The number of nitrogens with one attached hydrogen (secondary N) is 1. The fourth-order valence-electron chi connectivity index (χ4n) is 3.12. The van der Waals surface area contributed by atoms with Gasteiger partial charge in [0.1, 0.15) is 10.8 Å². The summed E-state index contributed by atoms with van der Waals surface area (Å²) in [4.78, 5) is 26.0. The fraction of sp³-hybridized carbons (Fsp3) is 0.115. The number of hydrogen-bond donors (Lipinski definition) is 1. The van der Waals surface area contributed by atoms with E-state index in [4.69, 9.17) is 4.74 Å². The van der Waals surface area contributed by atoms with Crippen molar-refractivity contribution in [2.75, 3.05) is 11.9 Å². The van der Waals surface area contributed by atoms with Gasteiger partial charge in [-0.1, -0.05) is 29.5 Å². The average Bonchev–Trinajstić information content (AvgIpc) is 2.83. The van der Waals surface area contributed by atoms with Crippen LogP contribution in [0.15, 0.2) is 99.6 Å². The summed E-state index contributed by atoms with van der Waals surface area (Å²) in [6, 6.07) is 25.3. The van der Waals surface area contributed by atoms with Crippen LogP contribution in [0.3, 0.4) is 0 Å². The van der Waals surface area contributed by atoms with Crippen LogP contribution in [0.25, 0.3) is 5.69 Å². The Morgan fingerprint density at radius 2 is 1.64 bits per heavy atom. The van der Waals surface area contributed by atoms with Gasteiger partial charge in [-0.3, -0.25) is 9.59 Å². The number of benzene rings is 3. The summed E-state index contributed by atoms with van der Waals surface area (Å²) < 4.78 is 6.75. The summed E-state index contributed by atoms with van der Waals surface area (Å²) >= 11 is 1.48. The van der Waals surface area contributed by atoms with Crippen molar-refractivity contribution in [1.29, 1.82) is 0 Å². The normalized spacial score (nSPS) is 10.6. The zero-order valence-corrected chi connectivity index (χ0v) is 19.1. The van der Waals surface area contributed by atoms with Crippen LogP contribution in [0.1, 0.15) is 22.8 Å². The molecule has 0 fully saturated rings. The number of aryl methyl sites for hydroxylation is 1. The molecule has 1 N–H and O–H groups in total. The second kappa shape index (κ2) is 10.2. The Labute approximate surface area is 196 Å². The SMILES string of the molecule is CCOc1ccc(NC(=O)c2ccc(-n3nc(Sc4ccc(C)cc4)ccc3=O)cc2)cc1. The molecule has 0 radical (unpaired) electrons. The van der Waals surface area contributed by atoms with E-state index in [9.17, 15) is 9.59 Å². The van der Waals surface area contributed by atoms with Gasteiger partial charge in [0.25, 0.3) is 11.5 Å². The molecule has 6 nitrogen and oxygen atoms in total. The van der Waals surface area contributed by atoms with E-state index in [1.807, 2.05) is 50.2 Å². The Morgan fingerprint density at radius 1 is 0.939 bits per heavy atom. The Morgan fingerprint density at radius 3 is 2.30 bits per heavy atom. The highest BCUT2D eigenvalue weighted by atomic mass is 32.2. The molecular weight excluding hydrogens is 434 g/mol. The lowest BCUT2D eigenvalue weighted by Crippen LogP contribution is -2.20. The van der Waals surface area contributed by atoms with Crippen molar-refractivity contribution < 1.29 is 9.53 Å². The molecule has 0 aliphatic heterocycles. The second-order valence-electron chi connectivity index (χ2n) is 7.30. The lowest BCUT2D eigenvalue weighted by molar-refractivity contribution is 0.102. The number of anilines is 1. The molecule has 1 heterocycles. The number of aromatic nitrogens is 2. The molecule has 0 aliphatic carbocycles. The zero-order chi connectivity index (χ0) is 23.2. The van der Waals surface area contributed by atoms with Gasteiger partial charge in [0.05, 0.1) is 12.3 Å². The van der Waals surface area contributed by atoms with Crippen LogP contribution in [-0.2, 0) is 0 Å². The monoisotopic (exact) mass is 457 g/mol. The minimum atomic E-state index is -0.241. The Hall–Kier alpha value is -3.84. The first-order chi connectivity index (χ1) is 16.0. The average molecular weight is 458 g/mol. The highest BCUT2D eigenvalue weighted by molar-refractivity contribution is 7.99. The molecule has 3 aromatic carbocycles. The van der Waals surface area contributed by atoms with E-state index in [0.717, 1.165) is 10.6 Å². The summed E-state index contributed by atoms with van der Waals surface area (Å²) in [5, 5.41) is 8.04. The van der Waals surface area contributed by atoms with Crippen LogP contribution in [0.5, 0.6) is 5.75 Å². The molecular formula is C26H23N3O3S. The summed E-state index contributed by atoms with van der Waals surface area (Å²) in [5.41, 5.74) is 2.68. The third-order valence-electron chi connectivity index (χ3n) is 4.82. The first-order valence-corrected chi connectivity index (χ1v) is 11.3. The lowest BCUT2D eigenvalue weighted by atomic mass is 10.2. The van der Waals surface area contributed by atoms with Crippen molar-refractivity contribution in [1.82, 2.24) is 9.78 Å². The van der Waals surface area contributed by atoms with Crippen molar-refractivity contribution in [3.05, 3.63) is 106 Å². The number of carbonyl (C=O) groups is 1. The molecule has 4 rings (SSSR count). The van der Waals surface area contributed by atoms with Crippen LogP contribution in [0.4, 0.5) is 5.69 Å². The number of hydrogen-bond acceptors (Lipinski definition) is 5. The minimum Gasteiger partial charge on any atom is -0.494 e. The predicted molar refractivity (Wildman–Crippen MR) is 131 cm³/mol. The third-order valence-corrected chi connectivity index (χ3v) is 5.75. The number of amides is 1. The molecule has 166 valence electrons. The quantitative estimate of drug-likeness (QED) is 0.405. The van der Waals surface area contributed by atoms with Crippen LogP contribution in [0, 0.1) is 6.92 Å². The highest BCUT2D eigenvalue weighted by Gasteiger charge is 2.09. The molecule has 1 aromatic heterocycles. The molecule has 0 spiro atoms. The molecule has 0 unspecified atom stereocenters. The Kier molecular flexibility index (Phi) is 6.90. The smallest absolute Gasteiger partial charge is 0.271 e. The summed E-state index contributed by atoms with van der Waals surface area (Å²) in [7, 11) is 0. The number of ether oxygens (including phenoxy) is 1. The van der Waals surface area contributed by atoms with Crippen LogP contribution < -0.4 is 15.6 Å². The first-order valence-electron chi connectivity index (χ1n) is 10.5. The van der Waals surface area contributed by atoms with E-state index in [2.05, 4.69) is 10.4 Å². The van der Waals surface area contributed by atoms with Crippen molar-refractivity contribution in [2.45, 2.75) is 23.8 Å². The van der Waals surface area contributed by atoms with Gasteiger partial charge >= 0.3 is 0 Å². The molecule has 1 amide bonds. The Bertz CT molecular complexity index is 1300. The topological polar surface area (TPSA) is 73.2 Å². The third kappa shape index (κ3) is 5.70. The number of nitrogens with zero attached hydrogens (tertiary/aromatic N) is 2. The van der Waals surface area contributed by atoms with Crippen LogP contribution in [0.2, 0.25) is 0 Å². The molecule has 0 saturated heterocycles. The number of rotatable bonds is 7. The molecule has 0 atom stereocenters. The summed E-state index contributed by atoms with van der Waals surface area (Å²) in [5.74, 6) is 0.509. The van der Waals surface area contributed by atoms with E-state index >= 15 is 0 Å². The molecule has 7 heteroatoms. The maximum absolute atomic E-state index is 12.6. The van der Waals surface area contributed by atoms with E-state index < -0.39 is 0 Å². The van der Waals surface area contributed by atoms with Gasteiger partial charge in [-0.05, 0) is 80.6 Å². The van der Waals surface area contributed by atoms with Gasteiger partial charge in [-0.2, -0.15) is 9.78 Å². The van der Waals surface area contributed by atoms with Gasteiger partial charge in [0.2, 0.25) is 0 Å². The number of carbonyl (C=O) groups excluding carboxylic acids is 1. The first kappa shape index (κ1) is 22.4. The molecule has 33 heavy (non-hydrogen) atoms. The fourth-order valence-corrected chi connectivity index (χ4v) is 3.89. The van der Waals surface area contributed by atoms with Gasteiger partial charge < -0.3 is 10.1 Å². The Balaban J connectivity index is 1.48. The maximum atomic E-state index is 12.6. The largest absolute Gasteiger partial charge is 0.494 e. The van der Waals surface area contributed by atoms with Gasteiger partial charge in [0, 0.05) is 22.2 Å². The lowest BCUT2D eigenvalue weighted by Gasteiger charge is -2.09. The van der Waals surface area contributed by atoms with Crippen molar-refractivity contribution in [2.24, 2.45) is 0 Å². The van der Waals surface area contributed by atoms with Crippen molar-refractivity contribution >= 4 is 23.4 Å². The molecule has 0 bridgehead atoms. The predicted octanol–water partition coefficient (Wildman–Crippen LogP) is 5.34. The molecule has 0 saturated carbocycles. The highest BCUT2D eigenvalue weighted by Crippen LogP contribution is 2.25. The second-order valence-corrected chi connectivity index (χ2v) is 8.39. The van der Waals surface area contributed by atoms with Gasteiger partial charge in [-0.15, -0.1) is 0 Å². The maximum Gasteiger partial charge on any atom is 0.271 e. The standard InChI is InChI=1S/C26H23N3O3S/c1-3-32-22-12-8-20(9-13-22)27-26(31)19-6-10-21(11-7-19)29-25(30)17-16-24(28-29)33-23-14-4-18(2)5-15-23/h4-17H,3H2,1-2H3,(H,27,31). The van der Waals surface area contributed by atoms with E-state index in [0.29, 0.717) is 28.6 Å². The van der Waals surface area contributed by atoms with E-state index in [-0.39, 0.29) is 11.5 Å². The summed E-state index contributed by atoms with van der Waals surface area (Å²) in [6.45, 7) is 4.54. The minimum absolute atomic E-state index is 0.241.